The highest BCUT2D eigenvalue weighted by Crippen LogP contribution is 2.47. The van der Waals surface area contributed by atoms with Gasteiger partial charge in [-0.2, -0.15) is 0 Å². The summed E-state index contributed by atoms with van der Waals surface area (Å²) in [6, 6.07) is 6.44. The lowest BCUT2D eigenvalue weighted by molar-refractivity contribution is 0.0864. The summed E-state index contributed by atoms with van der Waals surface area (Å²) >= 11 is 0. The van der Waals surface area contributed by atoms with E-state index in [2.05, 4.69) is 20.4 Å². The normalized spacial score (nSPS) is 20.5. The van der Waals surface area contributed by atoms with Gasteiger partial charge in [0.1, 0.15) is 28.2 Å². The zero-order valence-corrected chi connectivity index (χ0v) is 17.9. The van der Waals surface area contributed by atoms with E-state index in [1.165, 1.54) is 30.3 Å². The lowest BCUT2D eigenvalue weighted by Gasteiger charge is -2.42. The molecule has 4 rings (SSSR count). The van der Waals surface area contributed by atoms with E-state index in [9.17, 15) is 30.3 Å². The number of aromatic hydroxyl groups is 4. The Morgan fingerprint density at radius 2 is 1.78 bits per heavy atom. The molecule has 32 heavy (non-hydrogen) atoms. The fraction of sp³-hybridized carbons (Fsp3) is 0.320. The van der Waals surface area contributed by atoms with E-state index < -0.39 is 11.5 Å². The first-order valence-corrected chi connectivity index (χ1v) is 10.4. The second-order valence-corrected chi connectivity index (χ2v) is 9.15. The molecule has 0 aliphatic heterocycles. The molecule has 1 aliphatic rings. The van der Waals surface area contributed by atoms with E-state index in [1.807, 2.05) is 0 Å². The molecule has 0 amide bonds. The standard InChI is InChI=1S/C25H26O7/c1-12-15(25(2,3)7-6-16(12)26)9-14-18(28)10-22-23(24(14)31)20(30)11-21(32-22)13-4-5-17(27)19(29)8-13/h4-5,8,10-11,15-16,26-29,31H,1,6-7,9H2,2-3H3/t15-,16+/m1/s1. The van der Waals surface area contributed by atoms with E-state index in [4.69, 9.17) is 4.42 Å². The number of hydrogen-bond acceptors (Lipinski definition) is 7. The summed E-state index contributed by atoms with van der Waals surface area (Å²) in [7, 11) is 0. The molecule has 0 spiro atoms. The Hall–Kier alpha value is -3.45. The van der Waals surface area contributed by atoms with Gasteiger partial charge in [0.25, 0.3) is 0 Å². The summed E-state index contributed by atoms with van der Waals surface area (Å²) < 4.78 is 5.74. The van der Waals surface area contributed by atoms with Crippen molar-refractivity contribution in [2.45, 2.75) is 39.2 Å². The van der Waals surface area contributed by atoms with E-state index in [0.29, 0.717) is 17.6 Å². The van der Waals surface area contributed by atoms with Crippen LogP contribution in [0.25, 0.3) is 22.3 Å². The molecule has 2 aromatic carbocycles. The van der Waals surface area contributed by atoms with Crippen molar-refractivity contribution in [1.29, 1.82) is 0 Å². The molecule has 7 nitrogen and oxygen atoms in total. The first-order valence-electron chi connectivity index (χ1n) is 10.4. The van der Waals surface area contributed by atoms with Gasteiger partial charge in [0.05, 0.1) is 6.10 Å². The predicted octanol–water partition coefficient (Wildman–Crippen LogP) is 4.18. The maximum Gasteiger partial charge on any atom is 0.197 e. The largest absolute Gasteiger partial charge is 0.507 e. The summed E-state index contributed by atoms with van der Waals surface area (Å²) in [6.45, 7) is 8.14. The zero-order chi connectivity index (χ0) is 23.4. The highest BCUT2D eigenvalue weighted by molar-refractivity contribution is 5.88. The monoisotopic (exact) mass is 438 g/mol. The van der Waals surface area contributed by atoms with Gasteiger partial charge >= 0.3 is 0 Å². The van der Waals surface area contributed by atoms with Crippen LogP contribution in [0.2, 0.25) is 0 Å². The van der Waals surface area contributed by atoms with Gasteiger partial charge in [-0.05, 0) is 54.4 Å². The molecular weight excluding hydrogens is 412 g/mol. The molecule has 0 bridgehead atoms. The van der Waals surface area contributed by atoms with E-state index >= 15 is 0 Å². The van der Waals surface area contributed by atoms with Crippen LogP contribution in [0.5, 0.6) is 23.0 Å². The molecule has 1 aromatic heterocycles. The second-order valence-electron chi connectivity index (χ2n) is 9.15. The third kappa shape index (κ3) is 3.58. The van der Waals surface area contributed by atoms with Crippen molar-refractivity contribution >= 4 is 11.0 Å². The van der Waals surface area contributed by atoms with Gasteiger partial charge in [-0.1, -0.05) is 20.4 Å². The maximum atomic E-state index is 12.9. The fourth-order valence-corrected chi connectivity index (χ4v) is 4.56. The van der Waals surface area contributed by atoms with Crippen LogP contribution >= 0.6 is 0 Å². The minimum absolute atomic E-state index is 0.0134. The lowest BCUT2D eigenvalue weighted by Crippen LogP contribution is -2.37. The van der Waals surface area contributed by atoms with E-state index in [0.717, 1.165) is 6.42 Å². The van der Waals surface area contributed by atoms with Crippen molar-refractivity contribution in [3.8, 4) is 34.3 Å². The van der Waals surface area contributed by atoms with Crippen molar-refractivity contribution in [3.05, 3.63) is 58.3 Å². The average Bonchev–Trinajstić information content (AvgIpc) is 2.71. The topological polar surface area (TPSA) is 131 Å². The van der Waals surface area contributed by atoms with Gasteiger partial charge in [0.2, 0.25) is 0 Å². The average molecular weight is 438 g/mol. The zero-order valence-electron chi connectivity index (χ0n) is 17.9. The number of aliphatic hydroxyl groups excluding tert-OH is 1. The summed E-state index contributed by atoms with van der Waals surface area (Å²) in [6.07, 6.45) is 0.936. The molecule has 168 valence electrons. The van der Waals surface area contributed by atoms with Crippen molar-refractivity contribution in [2.75, 3.05) is 0 Å². The summed E-state index contributed by atoms with van der Waals surface area (Å²) in [5.41, 5.74) is 0.453. The number of fused-ring (bicyclic) bond motifs is 1. The molecule has 0 radical (unpaired) electrons. The number of aliphatic hydroxyl groups is 1. The minimum Gasteiger partial charge on any atom is -0.507 e. The van der Waals surface area contributed by atoms with Crippen LogP contribution in [0.1, 0.15) is 32.3 Å². The third-order valence-corrected chi connectivity index (χ3v) is 6.62. The summed E-state index contributed by atoms with van der Waals surface area (Å²) in [4.78, 5) is 12.9. The third-order valence-electron chi connectivity index (χ3n) is 6.62. The Morgan fingerprint density at radius 3 is 2.47 bits per heavy atom. The van der Waals surface area contributed by atoms with Gasteiger partial charge in [0.15, 0.2) is 16.9 Å². The second kappa shape index (κ2) is 7.60. The van der Waals surface area contributed by atoms with Gasteiger partial charge in [-0.15, -0.1) is 0 Å². The van der Waals surface area contributed by atoms with Crippen LogP contribution in [-0.2, 0) is 6.42 Å². The number of phenolic OH excluding ortho intramolecular Hbond substituents is 4. The SMILES string of the molecule is C=C1[C@@H](Cc2c(O)cc3oc(-c4ccc(O)c(O)c4)cc(=O)c3c2O)C(C)(C)CC[C@@H]1O. The Morgan fingerprint density at radius 1 is 1.06 bits per heavy atom. The first kappa shape index (κ1) is 21.8. The lowest BCUT2D eigenvalue weighted by atomic mass is 9.64. The predicted molar refractivity (Wildman–Crippen MR) is 120 cm³/mol. The number of phenols is 4. The Kier molecular flexibility index (Phi) is 5.17. The van der Waals surface area contributed by atoms with Crippen LogP contribution < -0.4 is 5.43 Å². The van der Waals surface area contributed by atoms with Crippen molar-refractivity contribution in [1.82, 2.24) is 0 Å². The van der Waals surface area contributed by atoms with Crippen molar-refractivity contribution < 1.29 is 29.9 Å². The first-order chi connectivity index (χ1) is 15.0. The molecule has 7 heteroatoms. The number of rotatable bonds is 3. The molecule has 2 atom stereocenters. The molecule has 3 aromatic rings. The Bertz CT molecular complexity index is 1290. The van der Waals surface area contributed by atoms with Crippen molar-refractivity contribution in [2.24, 2.45) is 11.3 Å². The van der Waals surface area contributed by atoms with Gasteiger partial charge in [0, 0.05) is 23.3 Å². The van der Waals surface area contributed by atoms with Gasteiger partial charge in [-0.25, -0.2) is 0 Å². The van der Waals surface area contributed by atoms with E-state index in [-0.39, 0.29) is 63.0 Å². The molecule has 5 N–H and O–H groups in total. The van der Waals surface area contributed by atoms with Gasteiger partial charge < -0.3 is 29.9 Å². The molecule has 1 saturated carbocycles. The quantitative estimate of drug-likeness (QED) is 0.306. The van der Waals surface area contributed by atoms with Crippen LogP contribution in [0.15, 0.2) is 51.7 Å². The van der Waals surface area contributed by atoms with Crippen LogP contribution in [0.4, 0.5) is 0 Å². The highest BCUT2D eigenvalue weighted by Gasteiger charge is 2.39. The smallest absolute Gasteiger partial charge is 0.197 e. The van der Waals surface area contributed by atoms with Gasteiger partial charge in [-0.3, -0.25) is 4.79 Å². The Labute approximate surface area is 184 Å². The Balaban J connectivity index is 1.81. The molecule has 0 saturated heterocycles. The van der Waals surface area contributed by atoms with Crippen LogP contribution in [-0.4, -0.2) is 31.6 Å². The fourth-order valence-electron chi connectivity index (χ4n) is 4.56. The molecule has 1 heterocycles. The summed E-state index contributed by atoms with van der Waals surface area (Å²) in [5, 5.41) is 51.0. The summed E-state index contributed by atoms with van der Waals surface area (Å²) in [5.74, 6) is -1.37. The van der Waals surface area contributed by atoms with Crippen LogP contribution in [0.3, 0.4) is 0 Å². The molecule has 0 unspecified atom stereocenters. The number of hydrogen-bond donors (Lipinski definition) is 5. The van der Waals surface area contributed by atoms with E-state index in [1.54, 1.807) is 0 Å². The molecule has 1 aliphatic carbocycles. The van der Waals surface area contributed by atoms with Crippen molar-refractivity contribution in [3.63, 3.8) is 0 Å². The minimum atomic E-state index is -0.646. The highest BCUT2D eigenvalue weighted by atomic mass is 16.3. The molecule has 1 fully saturated rings. The molecular formula is C25H26O7. The number of benzene rings is 2. The maximum absolute atomic E-state index is 12.9. The van der Waals surface area contributed by atoms with Crippen LogP contribution in [0, 0.1) is 11.3 Å².